The highest BCUT2D eigenvalue weighted by molar-refractivity contribution is 7.99. The van der Waals surface area contributed by atoms with Gasteiger partial charge in [0.15, 0.2) is 0 Å². The van der Waals surface area contributed by atoms with E-state index in [1.165, 1.54) is 0 Å². The molecule has 2 saturated heterocycles. The van der Waals surface area contributed by atoms with E-state index in [4.69, 9.17) is 4.74 Å². The summed E-state index contributed by atoms with van der Waals surface area (Å²) < 4.78 is 5.52. The standard InChI is InChI=1S/C16H20N2O4S/c1-11-3-2-4-13(7-11)22-9-12(19)8-18-14(20)16(17-15(18)21)5-6-23-10-16/h2-4,7,12,19H,5-6,8-10H2,1H3,(H,17,21)/t12-,16+/m0/s1. The van der Waals surface area contributed by atoms with Crippen LogP contribution in [0.1, 0.15) is 12.0 Å². The maximum absolute atomic E-state index is 12.5. The summed E-state index contributed by atoms with van der Waals surface area (Å²) in [6.07, 6.45) is -0.274. The van der Waals surface area contributed by atoms with Gasteiger partial charge >= 0.3 is 6.03 Å². The highest BCUT2D eigenvalue weighted by atomic mass is 32.2. The normalized spacial score (nSPS) is 25.0. The monoisotopic (exact) mass is 336 g/mol. The molecule has 0 saturated carbocycles. The Morgan fingerprint density at radius 2 is 2.30 bits per heavy atom. The van der Waals surface area contributed by atoms with Gasteiger partial charge in [0.2, 0.25) is 0 Å². The van der Waals surface area contributed by atoms with Crippen molar-refractivity contribution in [2.75, 3.05) is 24.7 Å². The number of aliphatic hydroxyl groups excluding tert-OH is 1. The summed E-state index contributed by atoms with van der Waals surface area (Å²) in [6.45, 7) is 1.93. The van der Waals surface area contributed by atoms with Gasteiger partial charge in [-0.2, -0.15) is 11.8 Å². The zero-order chi connectivity index (χ0) is 16.4. The van der Waals surface area contributed by atoms with Gasteiger partial charge in [-0.05, 0) is 36.8 Å². The lowest BCUT2D eigenvalue weighted by molar-refractivity contribution is -0.131. The van der Waals surface area contributed by atoms with Gasteiger partial charge in [0, 0.05) is 5.75 Å². The molecule has 1 spiro atoms. The van der Waals surface area contributed by atoms with Crippen LogP contribution in [-0.2, 0) is 4.79 Å². The highest BCUT2D eigenvalue weighted by Crippen LogP contribution is 2.33. The number of β-amino-alcohol motifs (C(OH)–C–C–N with tert-alkyl or cyclic N) is 1. The van der Waals surface area contributed by atoms with Crippen molar-refractivity contribution < 1.29 is 19.4 Å². The molecule has 124 valence electrons. The number of carbonyl (C=O) groups excluding carboxylic acids is 2. The Morgan fingerprint density at radius 1 is 1.48 bits per heavy atom. The number of thioether (sulfide) groups is 1. The van der Waals surface area contributed by atoms with Crippen LogP contribution in [0.2, 0.25) is 0 Å². The molecule has 3 amide bonds. The summed E-state index contributed by atoms with van der Waals surface area (Å²) >= 11 is 1.66. The molecule has 1 aromatic carbocycles. The van der Waals surface area contributed by atoms with Crippen molar-refractivity contribution in [1.82, 2.24) is 10.2 Å². The second-order valence-corrected chi connectivity index (χ2v) is 7.12. The van der Waals surface area contributed by atoms with Gasteiger partial charge in [-0.3, -0.25) is 9.69 Å². The SMILES string of the molecule is Cc1cccc(OC[C@@H](O)CN2C(=O)N[C@@]3(CCSC3)C2=O)c1. The molecule has 0 bridgehead atoms. The second-order valence-electron chi connectivity index (χ2n) is 6.01. The molecule has 0 unspecified atom stereocenters. The van der Waals surface area contributed by atoms with Gasteiger partial charge in [0.1, 0.15) is 24.0 Å². The van der Waals surface area contributed by atoms with E-state index in [9.17, 15) is 14.7 Å². The molecular formula is C16H20N2O4S. The average molecular weight is 336 g/mol. The van der Waals surface area contributed by atoms with Gasteiger partial charge in [-0.15, -0.1) is 0 Å². The number of nitrogens with one attached hydrogen (secondary N) is 1. The number of aliphatic hydroxyl groups is 1. The van der Waals surface area contributed by atoms with Crippen LogP contribution in [0.4, 0.5) is 4.79 Å². The van der Waals surface area contributed by atoms with E-state index in [1.807, 2.05) is 25.1 Å². The van der Waals surface area contributed by atoms with Crippen molar-refractivity contribution in [3.63, 3.8) is 0 Å². The Balaban J connectivity index is 1.56. The lowest BCUT2D eigenvalue weighted by atomic mass is 9.99. The minimum absolute atomic E-state index is 0.0300. The number of benzene rings is 1. The second kappa shape index (κ2) is 6.41. The van der Waals surface area contributed by atoms with E-state index >= 15 is 0 Å². The molecule has 0 radical (unpaired) electrons. The quantitative estimate of drug-likeness (QED) is 0.789. The van der Waals surface area contributed by atoms with Crippen molar-refractivity contribution in [3.05, 3.63) is 29.8 Å². The van der Waals surface area contributed by atoms with Gasteiger partial charge in [-0.25, -0.2) is 4.79 Å². The summed E-state index contributed by atoms with van der Waals surface area (Å²) in [4.78, 5) is 25.6. The fourth-order valence-corrected chi connectivity index (χ4v) is 4.16. The molecule has 3 rings (SSSR count). The van der Waals surface area contributed by atoms with E-state index in [1.54, 1.807) is 17.8 Å². The molecule has 2 aliphatic heterocycles. The van der Waals surface area contributed by atoms with Gasteiger partial charge in [0.25, 0.3) is 5.91 Å². The molecule has 2 atom stereocenters. The Hall–Kier alpha value is -1.73. The first-order chi connectivity index (χ1) is 11.0. The summed E-state index contributed by atoms with van der Waals surface area (Å²) in [6, 6.07) is 7.07. The van der Waals surface area contributed by atoms with Crippen LogP contribution in [0, 0.1) is 6.92 Å². The number of carbonyl (C=O) groups is 2. The first-order valence-electron chi connectivity index (χ1n) is 7.60. The van der Waals surface area contributed by atoms with Crippen molar-refractivity contribution in [1.29, 1.82) is 0 Å². The maximum atomic E-state index is 12.5. The molecule has 0 aliphatic carbocycles. The topological polar surface area (TPSA) is 78.9 Å². The Kier molecular flexibility index (Phi) is 4.50. The van der Waals surface area contributed by atoms with Crippen molar-refractivity contribution in [2.45, 2.75) is 25.0 Å². The van der Waals surface area contributed by atoms with E-state index in [0.717, 1.165) is 16.2 Å². The number of urea groups is 1. The van der Waals surface area contributed by atoms with Crippen LogP contribution < -0.4 is 10.1 Å². The number of rotatable bonds is 5. The molecule has 2 fully saturated rings. The van der Waals surface area contributed by atoms with Crippen molar-refractivity contribution in [2.24, 2.45) is 0 Å². The minimum Gasteiger partial charge on any atom is -0.491 e. The van der Waals surface area contributed by atoms with Crippen LogP contribution in [0.25, 0.3) is 0 Å². The lowest BCUT2D eigenvalue weighted by Crippen LogP contribution is -2.47. The van der Waals surface area contributed by atoms with Crippen LogP contribution in [-0.4, -0.2) is 58.2 Å². The van der Waals surface area contributed by atoms with E-state index in [-0.39, 0.29) is 19.1 Å². The van der Waals surface area contributed by atoms with Crippen LogP contribution in [0.3, 0.4) is 0 Å². The molecule has 1 aromatic rings. The summed E-state index contributed by atoms with van der Waals surface area (Å²) in [7, 11) is 0. The smallest absolute Gasteiger partial charge is 0.325 e. The van der Waals surface area contributed by atoms with Crippen LogP contribution >= 0.6 is 11.8 Å². The first-order valence-corrected chi connectivity index (χ1v) is 8.75. The van der Waals surface area contributed by atoms with E-state index in [0.29, 0.717) is 17.9 Å². The Labute approximate surface area is 139 Å². The summed E-state index contributed by atoms with van der Waals surface area (Å²) in [5, 5.41) is 12.9. The predicted octanol–water partition coefficient (Wildman–Crippen LogP) is 1.16. The summed E-state index contributed by atoms with van der Waals surface area (Å²) in [5.41, 5.74) is 0.297. The largest absolute Gasteiger partial charge is 0.491 e. The number of hydrogen-bond donors (Lipinski definition) is 2. The molecule has 2 aliphatic rings. The zero-order valence-corrected chi connectivity index (χ0v) is 13.8. The number of hydrogen-bond acceptors (Lipinski definition) is 5. The fourth-order valence-electron chi connectivity index (χ4n) is 2.84. The average Bonchev–Trinajstić information content (AvgIpc) is 3.07. The molecule has 2 N–H and O–H groups in total. The first kappa shape index (κ1) is 16.1. The number of aryl methyl sites for hydroxylation is 1. The molecule has 7 heteroatoms. The number of nitrogens with zero attached hydrogens (tertiary/aromatic N) is 1. The molecule has 2 heterocycles. The van der Waals surface area contributed by atoms with E-state index < -0.39 is 17.7 Å². The fraction of sp³-hybridized carbons (Fsp3) is 0.500. The third kappa shape index (κ3) is 3.30. The third-order valence-electron chi connectivity index (χ3n) is 4.09. The summed E-state index contributed by atoms with van der Waals surface area (Å²) in [5.74, 6) is 1.88. The number of ether oxygens (including phenoxy) is 1. The number of amides is 3. The van der Waals surface area contributed by atoms with Crippen molar-refractivity contribution in [3.8, 4) is 5.75 Å². The Morgan fingerprint density at radius 3 is 3.00 bits per heavy atom. The number of imide groups is 1. The molecular weight excluding hydrogens is 316 g/mol. The van der Waals surface area contributed by atoms with Gasteiger partial charge in [0.05, 0.1) is 6.54 Å². The van der Waals surface area contributed by atoms with Crippen LogP contribution in [0.5, 0.6) is 5.75 Å². The van der Waals surface area contributed by atoms with Crippen LogP contribution in [0.15, 0.2) is 24.3 Å². The zero-order valence-electron chi connectivity index (χ0n) is 12.9. The molecule has 6 nitrogen and oxygen atoms in total. The minimum atomic E-state index is -0.922. The highest BCUT2D eigenvalue weighted by Gasteiger charge is 2.53. The molecule has 0 aromatic heterocycles. The maximum Gasteiger partial charge on any atom is 0.325 e. The lowest BCUT2D eigenvalue weighted by Gasteiger charge is -2.21. The van der Waals surface area contributed by atoms with Crippen molar-refractivity contribution >= 4 is 23.7 Å². The van der Waals surface area contributed by atoms with Gasteiger partial charge in [-0.1, -0.05) is 12.1 Å². The Bertz CT molecular complexity index is 616. The third-order valence-corrected chi connectivity index (χ3v) is 5.28. The molecule has 23 heavy (non-hydrogen) atoms. The van der Waals surface area contributed by atoms with E-state index in [2.05, 4.69) is 5.32 Å². The predicted molar refractivity (Wildman–Crippen MR) is 87.6 cm³/mol. The van der Waals surface area contributed by atoms with Gasteiger partial charge < -0.3 is 15.2 Å².